The van der Waals surface area contributed by atoms with Crippen molar-refractivity contribution >= 4 is 22.6 Å². The van der Waals surface area contributed by atoms with Crippen molar-refractivity contribution in [3.05, 3.63) is 45.5 Å². The Hall–Kier alpha value is -1.63. The normalized spacial score (nSPS) is 10.4. The van der Waals surface area contributed by atoms with Crippen LogP contribution in [0.3, 0.4) is 0 Å². The van der Waals surface area contributed by atoms with Crippen molar-refractivity contribution in [3.8, 4) is 23.0 Å². The van der Waals surface area contributed by atoms with Crippen LogP contribution in [0.2, 0.25) is 0 Å². The molecule has 0 aliphatic heterocycles. The second-order valence-electron chi connectivity index (χ2n) is 4.01. The van der Waals surface area contributed by atoms with Crippen LogP contribution in [0.4, 0.5) is 0 Å². The Bertz CT molecular complexity index is 543. The third-order valence-electron chi connectivity index (χ3n) is 2.62. The van der Waals surface area contributed by atoms with Crippen molar-refractivity contribution in [2.45, 2.75) is 6.42 Å². The van der Waals surface area contributed by atoms with E-state index >= 15 is 0 Å². The second-order valence-corrected chi connectivity index (χ2v) is 5.26. The molecule has 0 aromatic heterocycles. The van der Waals surface area contributed by atoms with Gasteiger partial charge in [0.2, 0.25) is 0 Å². The molecule has 0 atom stereocenters. The number of phenolic OH excluding ortho intramolecular Hbond substituents is 3. The molecule has 2 rings (SSSR count). The largest absolute Gasteiger partial charge is 0.508 e. The van der Waals surface area contributed by atoms with Crippen molar-refractivity contribution < 1.29 is 20.1 Å². The van der Waals surface area contributed by atoms with Gasteiger partial charge in [0.15, 0.2) is 0 Å². The fraction of sp³-hybridized carbons (Fsp3) is 0.143. The standard InChI is InChI=1S/C14H13IO4/c15-9-1-3-11(4-2-9)19-6-5-12-13(17)7-10(16)8-14(12)18/h1-4,7-8,16-18H,5-6H2. The van der Waals surface area contributed by atoms with Crippen molar-refractivity contribution in [3.63, 3.8) is 0 Å². The molecule has 0 bridgehead atoms. The topological polar surface area (TPSA) is 69.9 Å². The van der Waals surface area contributed by atoms with Gasteiger partial charge in [-0.3, -0.25) is 0 Å². The summed E-state index contributed by atoms with van der Waals surface area (Å²) in [5, 5.41) is 28.5. The van der Waals surface area contributed by atoms with E-state index in [-0.39, 0.29) is 17.2 Å². The van der Waals surface area contributed by atoms with E-state index in [9.17, 15) is 15.3 Å². The maximum Gasteiger partial charge on any atom is 0.126 e. The SMILES string of the molecule is Oc1cc(O)c(CCOc2ccc(I)cc2)c(O)c1. The van der Waals surface area contributed by atoms with E-state index in [0.29, 0.717) is 18.6 Å². The Morgan fingerprint density at radius 1 is 0.947 bits per heavy atom. The lowest BCUT2D eigenvalue weighted by molar-refractivity contribution is 0.315. The van der Waals surface area contributed by atoms with Gasteiger partial charge in [-0.1, -0.05) is 0 Å². The molecule has 19 heavy (non-hydrogen) atoms. The summed E-state index contributed by atoms with van der Waals surface area (Å²) in [6, 6.07) is 9.98. The van der Waals surface area contributed by atoms with Gasteiger partial charge >= 0.3 is 0 Å². The number of hydrogen-bond donors (Lipinski definition) is 3. The average molecular weight is 372 g/mol. The molecular weight excluding hydrogens is 359 g/mol. The van der Waals surface area contributed by atoms with Gasteiger partial charge < -0.3 is 20.1 Å². The third-order valence-corrected chi connectivity index (χ3v) is 3.34. The van der Waals surface area contributed by atoms with Gasteiger partial charge in [0.05, 0.1) is 6.61 Å². The minimum atomic E-state index is -0.169. The van der Waals surface area contributed by atoms with Crippen molar-refractivity contribution in [1.29, 1.82) is 0 Å². The zero-order chi connectivity index (χ0) is 13.8. The lowest BCUT2D eigenvalue weighted by Crippen LogP contribution is -2.01. The van der Waals surface area contributed by atoms with Crippen LogP contribution in [-0.4, -0.2) is 21.9 Å². The molecule has 0 saturated heterocycles. The molecule has 2 aromatic rings. The van der Waals surface area contributed by atoms with Gasteiger partial charge in [-0.2, -0.15) is 0 Å². The van der Waals surface area contributed by atoms with E-state index in [1.807, 2.05) is 24.3 Å². The molecular formula is C14H13IO4. The molecule has 0 unspecified atom stereocenters. The van der Waals surface area contributed by atoms with E-state index in [0.717, 1.165) is 9.32 Å². The summed E-state index contributed by atoms with van der Waals surface area (Å²) in [5.41, 5.74) is 0.364. The van der Waals surface area contributed by atoms with Gasteiger partial charge in [0, 0.05) is 27.7 Å². The molecule has 3 N–H and O–H groups in total. The Balaban J connectivity index is 1.98. The minimum absolute atomic E-state index is 0.135. The maximum absolute atomic E-state index is 9.63. The third kappa shape index (κ3) is 3.66. The number of phenols is 3. The van der Waals surface area contributed by atoms with E-state index in [1.165, 1.54) is 12.1 Å². The van der Waals surface area contributed by atoms with Crippen molar-refractivity contribution in [2.24, 2.45) is 0 Å². The summed E-state index contributed by atoms with van der Waals surface area (Å²) >= 11 is 2.21. The Labute approximate surface area is 124 Å². The summed E-state index contributed by atoms with van der Waals surface area (Å²) in [4.78, 5) is 0. The molecule has 2 aromatic carbocycles. The summed E-state index contributed by atoms with van der Waals surface area (Å²) in [7, 11) is 0. The lowest BCUT2D eigenvalue weighted by Gasteiger charge is -2.09. The summed E-state index contributed by atoms with van der Waals surface area (Å²) < 4.78 is 6.64. The summed E-state index contributed by atoms with van der Waals surface area (Å²) in [6.07, 6.45) is 0.351. The predicted molar refractivity (Wildman–Crippen MR) is 79.8 cm³/mol. The van der Waals surface area contributed by atoms with E-state index < -0.39 is 0 Å². The van der Waals surface area contributed by atoms with Crippen LogP contribution in [-0.2, 0) is 6.42 Å². The summed E-state index contributed by atoms with van der Waals surface area (Å²) in [6.45, 7) is 0.326. The smallest absolute Gasteiger partial charge is 0.126 e. The average Bonchev–Trinajstić information content (AvgIpc) is 2.34. The van der Waals surface area contributed by atoms with Crippen LogP contribution < -0.4 is 4.74 Å². The van der Waals surface area contributed by atoms with Gasteiger partial charge in [0.1, 0.15) is 23.0 Å². The first-order chi connectivity index (χ1) is 9.06. The Kier molecular flexibility index (Phi) is 4.36. The highest BCUT2D eigenvalue weighted by atomic mass is 127. The molecule has 0 aliphatic carbocycles. The first kappa shape index (κ1) is 13.8. The molecule has 0 aliphatic rings. The van der Waals surface area contributed by atoms with Crippen molar-refractivity contribution in [1.82, 2.24) is 0 Å². The van der Waals surface area contributed by atoms with Gasteiger partial charge in [0.25, 0.3) is 0 Å². The van der Waals surface area contributed by atoms with Crippen LogP contribution in [0.5, 0.6) is 23.0 Å². The minimum Gasteiger partial charge on any atom is -0.508 e. The number of aromatic hydroxyl groups is 3. The molecule has 0 spiro atoms. The van der Waals surface area contributed by atoms with Crippen LogP contribution in [0.15, 0.2) is 36.4 Å². The van der Waals surface area contributed by atoms with Crippen LogP contribution in [0.25, 0.3) is 0 Å². The molecule has 0 saturated carbocycles. The maximum atomic E-state index is 9.63. The van der Waals surface area contributed by atoms with Gasteiger partial charge in [-0.25, -0.2) is 0 Å². The highest BCUT2D eigenvalue weighted by Gasteiger charge is 2.09. The molecule has 4 nitrogen and oxygen atoms in total. The number of hydrogen-bond acceptors (Lipinski definition) is 4. The number of halogens is 1. The summed E-state index contributed by atoms with van der Waals surface area (Å²) in [5.74, 6) is 0.294. The molecule has 0 radical (unpaired) electrons. The zero-order valence-corrected chi connectivity index (χ0v) is 12.2. The first-order valence-corrected chi connectivity index (χ1v) is 6.76. The molecule has 100 valence electrons. The first-order valence-electron chi connectivity index (χ1n) is 5.68. The van der Waals surface area contributed by atoms with Crippen LogP contribution in [0.1, 0.15) is 5.56 Å². The quantitative estimate of drug-likeness (QED) is 0.722. The fourth-order valence-corrected chi connectivity index (χ4v) is 2.04. The molecule has 0 heterocycles. The lowest BCUT2D eigenvalue weighted by atomic mass is 10.1. The Morgan fingerprint density at radius 2 is 1.53 bits per heavy atom. The van der Waals surface area contributed by atoms with Gasteiger partial charge in [-0.15, -0.1) is 0 Å². The number of benzene rings is 2. The highest BCUT2D eigenvalue weighted by Crippen LogP contribution is 2.32. The number of ether oxygens (including phenoxy) is 1. The highest BCUT2D eigenvalue weighted by molar-refractivity contribution is 14.1. The monoisotopic (exact) mass is 372 g/mol. The zero-order valence-electron chi connectivity index (χ0n) is 10.0. The van der Waals surface area contributed by atoms with Gasteiger partial charge in [-0.05, 0) is 46.9 Å². The second kappa shape index (κ2) is 6.01. The van der Waals surface area contributed by atoms with Crippen LogP contribution in [0, 0.1) is 3.57 Å². The van der Waals surface area contributed by atoms with E-state index in [1.54, 1.807) is 0 Å². The van der Waals surface area contributed by atoms with Crippen LogP contribution >= 0.6 is 22.6 Å². The molecule has 5 heteroatoms. The fourth-order valence-electron chi connectivity index (χ4n) is 1.69. The predicted octanol–water partition coefficient (Wildman–Crippen LogP) is 3.03. The van der Waals surface area contributed by atoms with E-state index in [4.69, 9.17) is 4.74 Å². The Morgan fingerprint density at radius 3 is 2.11 bits per heavy atom. The number of rotatable bonds is 4. The van der Waals surface area contributed by atoms with Crippen molar-refractivity contribution in [2.75, 3.05) is 6.61 Å². The molecule has 0 amide bonds. The molecule has 0 fully saturated rings. The van der Waals surface area contributed by atoms with E-state index in [2.05, 4.69) is 22.6 Å².